The van der Waals surface area contributed by atoms with E-state index in [0.29, 0.717) is 24.7 Å². The van der Waals surface area contributed by atoms with Crippen LogP contribution in [0.4, 0.5) is 30.2 Å². The van der Waals surface area contributed by atoms with Crippen LogP contribution in [0.5, 0.6) is 0 Å². The molecule has 0 saturated heterocycles. The quantitative estimate of drug-likeness (QED) is 0.262. The lowest BCUT2D eigenvalue weighted by molar-refractivity contribution is -0.137. The lowest BCUT2D eigenvalue weighted by Crippen LogP contribution is -2.26. The van der Waals surface area contributed by atoms with Crippen LogP contribution in [0.3, 0.4) is 0 Å². The third-order valence-electron chi connectivity index (χ3n) is 6.99. The summed E-state index contributed by atoms with van der Waals surface area (Å²) in [6.45, 7) is 0.869. The topological polar surface area (TPSA) is 13.0 Å². The zero-order valence-electron chi connectivity index (χ0n) is 21.4. The van der Waals surface area contributed by atoms with Crippen LogP contribution in [0.1, 0.15) is 5.56 Å². The molecule has 2 heterocycles. The molecule has 4 aromatic carbocycles. The Hall–Kier alpha value is -4.65. The minimum absolute atomic E-state index is 0.375. The Morgan fingerprint density at radius 1 is 0.564 bits per heavy atom. The van der Waals surface area contributed by atoms with E-state index in [1.165, 1.54) is 12.1 Å². The minimum atomic E-state index is -4.45. The van der Waals surface area contributed by atoms with Gasteiger partial charge in [0.25, 0.3) is 0 Å². The molecule has 0 spiro atoms. The van der Waals surface area contributed by atoms with Crippen molar-refractivity contribution in [3.8, 4) is 22.3 Å². The van der Waals surface area contributed by atoms with Gasteiger partial charge in [-0.1, -0.05) is 78.9 Å². The van der Waals surface area contributed by atoms with E-state index in [-0.39, 0.29) is 0 Å². The second kappa shape index (κ2) is 9.91. The molecule has 39 heavy (non-hydrogen) atoms. The Balaban J connectivity index is 1.40. The Morgan fingerprint density at radius 2 is 1.08 bits per heavy atom. The maximum Gasteiger partial charge on any atom is 0.416 e. The smallest absolute Gasteiger partial charge is 0.361 e. The number of hydrogen-bond donors (Lipinski definition) is 0. The van der Waals surface area contributed by atoms with E-state index < -0.39 is 11.7 Å². The van der Waals surface area contributed by atoms with Gasteiger partial charge < -0.3 is 19.6 Å². The van der Waals surface area contributed by atoms with E-state index in [2.05, 4.69) is 41.3 Å². The van der Waals surface area contributed by atoms with Crippen molar-refractivity contribution in [3.05, 3.63) is 127 Å². The number of anilines is 3. The molecule has 0 atom stereocenters. The van der Waals surface area contributed by atoms with Crippen LogP contribution in [-0.2, 0) is 6.18 Å². The van der Waals surface area contributed by atoms with Crippen molar-refractivity contribution in [3.63, 3.8) is 0 Å². The zero-order valence-corrected chi connectivity index (χ0v) is 21.4. The van der Waals surface area contributed by atoms with Crippen molar-refractivity contribution in [2.75, 3.05) is 35.1 Å². The maximum absolute atomic E-state index is 13.9. The summed E-state index contributed by atoms with van der Waals surface area (Å²) in [5, 5.41) is 0. The van der Waals surface area contributed by atoms with Crippen LogP contribution < -0.4 is 14.7 Å². The molecule has 0 saturated carbocycles. The van der Waals surface area contributed by atoms with Crippen molar-refractivity contribution in [1.29, 1.82) is 0 Å². The average molecular weight is 525 g/mol. The van der Waals surface area contributed by atoms with Gasteiger partial charge in [-0.2, -0.15) is 13.2 Å². The van der Waals surface area contributed by atoms with Gasteiger partial charge in [-0.3, -0.25) is 0 Å². The van der Waals surface area contributed by atoms with Gasteiger partial charge in [0.1, 0.15) is 0 Å². The predicted octanol–water partition coefficient (Wildman–Crippen LogP) is 7.98. The average Bonchev–Trinajstić information content (AvgIpc) is 3.63. The second-order valence-electron chi connectivity index (χ2n) is 9.72. The first-order valence-electron chi connectivity index (χ1n) is 12.7. The summed E-state index contributed by atoms with van der Waals surface area (Å²) in [7, 11) is 1.89. The number of alkyl halides is 3. The van der Waals surface area contributed by atoms with Gasteiger partial charge in [-0.05, 0) is 29.3 Å². The first-order valence-corrected chi connectivity index (χ1v) is 12.7. The van der Waals surface area contributed by atoms with Gasteiger partial charge in [-0.25, -0.2) is 0 Å². The fourth-order valence-electron chi connectivity index (χ4n) is 5.07. The van der Waals surface area contributed by atoms with E-state index in [0.717, 1.165) is 27.9 Å². The van der Waals surface area contributed by atoms with Crippen molar-refractivity contribution in [1.82, 2.24) is 4.90 Å². The Labute approximate surface area is 226 Å². The molecule has 0 N–H and O–H groups in total. The molecule has 7 heteroatoms. The minimum Gasteiger partial charge on any atom is -0.361 e. The SMILES string of the molecule is CN1C=CN(c2cc(N3C=CN(c4c(-c5ccccc5)cccc4-c4ccccc4)C3)cc(C(F)(F)F)c2)C1. The third-order valence-corrected chi connectivity index (χ3v) is 6.99. The second-order valence-corrected chi connectivity index (χ2v) is 9.72. The zero-order chi connectivity index (χ0) is 27.0. The third kappa shape index (κ3) is 4.95. The highest BCUT2D eigenvalue weighted by Crippen LogP contribution is 2.42. The Morgan fingerprint density at radius 3 is 1.59 bits per heavy atom. The molecule has 4 aromatic rings. The standard InChI is InChI=1S/C32H27F3N4/c1-36-15-16-37(22-36)27-19-26(32(33,34)35)20-28(21-27)38-17-18-39(23-38)31-29(24-9-4-2-5-10-24)13-8-14-30(31)25-11-6-3-7-12-25/h2-21H,22-23H2,1H3. The van der Waals surface area contributed by atoms with Gasteiger partial charge >= 0.3 is 6.18 Å². The van der Waals surface area contributed by atoms with Gasteiger partial charge in [0.2, 0.25) is 0 Å². The Kier molecular flexibility index (Phi) is 6.27. The fraction of sp³-hybridized carbons (Fsp3) is 0.125. The van der Waals surface area contributed by atoms with Crippen LogP contribution >= 0.6 is 0 Å². The number of nitrogens with zero attached hydrogens (tertiary/aromatic N) is 4. The van der Waals surface area contributed by atoms with E-state index >= 15 is 0 Å². The van der Waals surface area contributed by atoms with Crippen LogP contribution in [0.15, 0.2) is 122 Å². The van der Waals surface area contributed by atoms with E-state index in [1.54, 1.807) is 6.20 Å². The van der Waals surface area contributed by atoms with Crippen LogP contribution in [-0.4, -0.2) is 25.3 Å². The molecular formula is C32H27F3N4. The maximum atomic E-state index is 13.9. The molecule has 2 aliphatic rings. The summed E-state index contributed by atoms with van der Waals surface area (Å²) in [6, 6.07) is 30.8. The first kappa shape index (κ1) is 24.7. The predicted molar refractivity (Wildman–Crippen MR) is 152 cm³/mol. The normalized spacial score (nSPS) is 15.1. The number of halogens is 3. The molecule has 4 nitrogen and oxygen atoms in total. The molecule has 0 unspecified atom stereocenters. The molecule has 0 aliphatic carbocycles. The molecule has 0 aromatic heterocycles. The van der Waals surface area contributed by atoms with Crippen molar-refractivity contribution < 1.29 is 13.2 Å². The lowest BCUT2D eigenvalue weighted by Gasteiger charge is -2.27. The van der Waals surface area contributed by atoms with Gasteiger partial charge in [0.05, 0.1) is 24.6 Å². The number of hydrogen-bond acceptors (Lipinski definition) is 4. The molecule has 0 fully saturated rings. The van der Waals surface area contributed by atoms with Crippen molar-refractivity contribution >= 4 is 17.1 Å². The molecule has 0 radical (unpaired) electrons. The highest BCUT2D eigenvalue weighted by molar-refractivity contribution is 5.92. The largest absolute Gasteiger partial charge is 0.416 e. The molecule has 0 bridgehead atoms. The van der Waals surface area contributed by atoms with E-state index in [4.69, 9.17) is 0 Å². The van der Waals surface area contributed by atoms with E-state index in [1.807, 2.05) is 88.9 Å². The molecule has 0 amide bonds. The fourth-order valence-corrected chi connectivity index (χ4v) is 5.07. The summed E-state index contributed by atoms with van der Waals surface area (Å²) >= 11 is 0. The summed E-state index contributed by atoms with van der Waals surface area (Å²) in [5.41, 5.74) is 5.58. The van der Waals surface area contributed by atoms with Crippen LogP contribution in [0, 0.1) is 0 Å². The lowest BCUT2D eigenvalue weighted by atomic mass is 9.95. The van der Waals surface area contributed by atoms with Crippen LogP contribution in [0.2, 0.25) is 0 Å². The molecule has 6 rings (SSSR count). The first-order chi connectivity index (χ1) is 18.9. The summed E-state index contributed by atoms with van der Waals surface area (Å²) < 4.78 is 41.8. The van der Waals surface area contributed by atoms with Gasteiger partial charge in [0, 0.05) is 54.3 Å². The summed E-state index contributed by atoms with van der Waals surface area (Å²) in [4.78, 5) is 7.70. The van der Waals surface area contributed by atoms with Gasteiger partial charge in [0.15, 0.2) is 0 Å². The highest BCUT2D eigenvalue weighted by Gasteiger charge is 2.33. The Bertz CT molecular complexity index is 1470. The summed E-state index contributed by atoms with van der Waals surface area (Å²) in [6.07, 6.45) is 2.99. The number of rotatable bonds is 5. The molecule has 2 aliphatic heterocycles. The highest BCUT2D eigenvalue weighted by atomic mass is 19.4. The monoisotopic (exact) mass is 524 g/mol. The van der Waals surface area contributed by atoms with Crippen molar-refractivity contribution in [2.24, 2.45) is 0 Å². The molecule has 196 valence electrons. The van der Waals surface area contributed by atoms with Crippen LogP contribution in [0.25, 0.3) is 22.3 Å². The molecular weight excluding hydrogens is 497 g/mol. The number of para-hydroxylation sites is 1. The summed E-state index contributed by atoms with van der Waals surface area (Å²) in [5.74, 6) is 0. The van der Waals surface area contributed by atoms with Crippen molar-refractivity contribution in [2.45, 2.75) is 6.18 Å². The number of benzene rings is 4. The van der Waals surface area contributed by atoms with E-state index in [9.17, 15) is 13.2 Å². The van der Waals surface area contributed by atoms with Gasteiger partial charge in [-0.15, -0.1) is 0 Å².